The summed E-state index contributed by atoms with van der Waals surface area (Å²) >= 11 is 0. The standard InChI is InChI=1S/C12H17FN2O2/c1-3-15(7-11(14)17)12-9(8(2)16)5-4-6-10(12)13/h4-6,8,16H,3,7H2,1-2H3,(H2,14,17)/t8-/m0/s1. The Morgan fingerprint density at radius 1 is 1.59 bits per heavy atom. The van der Waals surface area contributed by atoms with Crippen LogP contribution in [0.3, 0.4) is 0 Å². The number of anilines is 1. The predicted octanol–water partition coefficient (Wildman–Crippen LogP) is 1.19. The second-order valence-corrected chi connectivity index (χ2v) is 3.83. The van der Waals surface area contributed by atoms with E-state index in [9.17, 15) is 14.3 Å². The van der Waals surface area contributed by atoms with Gasteiger partial charge in [0.15, 0.2) is 0 Å². The number of aliphatic hydroxyl groups is 1. The van der Waals surface area contributed by atoms with Crippen LogP contribution in [0.1, 0.15) is 25.5 Å². The summed E-state index contributed by atoms with van der Waals surface area (Å²) in [5.41, 5.74) is 5.81. The van der Waals surface area contributed by atoms with Crippen molar-refractivity contribution >= 4 is 11.6 Å². The minimum Gasteiger partial charge on any atom is -0.389 e. The first-order valence-electron chi connectivity index (χ1n) is 5.47. The fourth-order valence-electron chi connectivity index (χ4n) is 1.74. The first kappa shape index (κ1) is 13.4. The SMILES string of the molecule is CCN(CC(N)=O)c1c(F)cccc1[C@H](C)O. The molecule has 0 aliphatic carbocycles. The van der Waals surface area contributed by atoms with E-state index in [2.05, 4.69) is 0 Å². The molecule has 0 fully saturated rings. The molecular weight excluding hydrogens is 223 g/mol. The van der Waals surface area contributed by atoms with Crippen LogP contribution in [-0.4, -0.2) is 24.1 Å². The van der Waals surface area contributed by atoms with Crippen LogP contribution >= 0.6 is 0 Å². The number of amides is 1. The van der Waals surface area contributed by atoms with Gasteiger partial charge in [-0.25, -0.2) is 4.39 Å². The van der Waals surface area contributed by atoms with E-state index in [1.807, 2.05) is 0 Å². The Labute approximate surface area is 99.8 Å². The van der Waals surface area contributed by atoms with Crippen LogP contribution in [0.5, 0.6) is 0 Å². The third kappa shape index (κ3) is 3.17. The van der Waals surface area contributed by atoms with Gasteiger partial charge in [-0.05, 0) is 19.9 Å². The highest BCUT2D eigenvalue weighted by molar-refractivity contribution is 5.80. The van der Waals surface area contributed by atoms with Crippen LogP contribution in [0.25, 0.3) is 0 Å². The van der Waals surface area contributed by atoms with Gasteiger partial charge in [-0.1, -0.05) is 12.1 Å². The number of halogens is 1. The normalized spacial score (nSPS) is 12.2. The van der Waals surface area contributed by atoms with Gasteiger partial charge in [0, 0.05) is 12.1 Å². The molecule has 17 heavy (non-hydrogen) atoms. The lowest BCUT2D eigenvalue weighted by atomic mass is 10.1. The fourth-order valence-corrected chi connectivity index (χ4v) is 1.74. The maximum atomic E-state index is 13.8. The van der Waals surface area contributed by atoms with Crippen LogP contribution in [0.4, 0.5) is 10.1 Å². The van der Waals surface area contributed by atoms with Gasteiger partial charge in [-0.3, -0.25) is 4.79 Å². The number of primary amides is 1. The van der Waals surface area contributed by atoms with E-state index in [-0.39, 0.29) is 12.2 Å². The van der Waals surface area contributed by atoms with Crippen LogP contribution < -0.4 is 10.6 Å². The van der Waals surface area contributed by atoms with Crippen molar-refractivity contribution in [2.75, 3.05) is 18.0 Å². The Morgan fingerprint density at radius 3 is 2.71 bits per heavy atom. The lowest BCUT2D eigenvalue weighted by Gasteiger charge is -2.25. The Hall–Kier alpha value is -1.62. The van der Waals surface area contributed by atoms with E-state index >= 15 is 0 Å². The molecule has 0 spiro atoms. The molecule has 0 aliphatic rings. The van der Waals surface area contributed by atoms with E-state index < -0.39 is 17.8 Å². The van der Waals surface area contributed by atoms with Gasteiger partial charge in [-0.2, -0.15) is 0 Å². The maximum Gasteiger partial charge on any atom is 0.236 e. The number of likely N-dealkylation sites (N-methyl/N-ethyl adjacent to an activating group) is 1. The molecular formula is C12H17FN2O2. The van der Waals surface area contributed by atoms with Gasteiger partial charge in [0.05, 0.1) is 18.3 Å². The zero-order valence-electron chi connectivity index (χ0n) is 9.98. The Morgan fingerprint density at radius 2 is 2.24 bits per heavy atom. The van der Waals surface area contributed by atoms with Crippen LogP contribution in [0.15, 0.2) is 18.2 Å². The van der Waals surface area contributed by atoms with Crippen LogP contribution in [0, 0.1) is 5.82 Å². The molecule has 1 aromatic rings. The molecule has 0 saturated heterocycles. The van der Waals surface area contributed by atoms with Crippen molar-refractivity contribution in [3.8, 4) is 0 Å². The first-order valence-corrected chi connectivity index (χ1v) is 5.47. The molecule has 3 N–H and O–H groups in total. The molecule has 0 bridgehead atoms. The number of benzene rings is 1. The van der Waals surface area contributed by atoms with Crippen molar-refractivity contribution in [1.29, 1.82) is 0 Å². The van der Waals surface area contributed by atoms with Gasteiger partial charge in [0.2, 0.25) is 5.91 Å². The number of nitrogens with zero attached hydrogens (tertiary/aromatic N) is 1. The topological polar surface area (TPSA) is 66.6 Å². The van der Waals surface area contributed by atoms with E-state index in [1.165, 1.54) is 17.0 Å². The lowest BCUT2D eigenvalue weighted by Crippen LogP contribution is -2.35. The van der Waals surface area contributed by atoms with Crippen LogP contribution in [-0.2, 0) is 4.79 Å². The van der Waals surface area contributed by atoms with Crippen molar-refractivity contribution in [2.45, 2.75) is 20.0 Å². The highest BCUT2D eigenvalue weighted by Crippen LogP contribution is 2.29. The lowest BCUT2D eigenvalue weighted by molar-refractivity contribution is -0.116. The number of hydrogen-bond donors (Lipinski definition) is 2. The highest BCUT2D eigenvalue weighted by Gasteiger charge is 2.18. The number of para-hydroxylation sites is 1. The quantitative estimate of drug-likeness (QED) is 0.812. The minimum atomic E-state index is -0.803. The number of rotatable bonds is 5. The summed E-state index contributed by atoms with van der Waals surface area (Å²) in [5, 5.41) is 9.60. The molecule has 0 radical (unpaired) electrons. The van der Waals surface area contributed by atoms with E-state index in [0.717, 1.165) is 0 Å². The third-order valence-electron chi connectivity index (χ3n) is 2.51. The van der Waals surface area contributed by atoms with Crippen LogP contribution in [0.2, 0.25) is 0 Å². The van der Waals surface area contributed by atoms with Crippen molar-refractivity contribution in [1.82, 2.24) is 0 Å². The Kier molecular flexibility index (Phi) is 4.45. The molecule has 1 aromatic carbocycles. The zero-order valence-corrected chi connectivity index (χ0v) is 9.98. The monoisotopic (exact) mass is 240 g/mol. The Bertz CT molecular complexity index is 407. The summed E-state index contributed by atoms with van der Waals surface area (Å²) in [6.07, 6.45) is -0.803. The molecule has 0 aromatic heterocycles. The third-order valence-corrected chi connectivity index (χ3v) is 2.51. The summed E-state index contributed by atoms with van der Waals surface area (Å²) in [5.74, 6) is -1.00. The number of nitrogens with two attached hydrogens (primary N) is 1. The van der Waals surface area contributed by atoms with E-state index in [0.29, 0.717) is 12.1 Å². The van der Waals surface area contributed by atoms with Gasteiger partial charge in [-0.15, -0.1) is 0 Å². The molecule has 1 atom stereocenters. The smallest absolute Gasteiger partial charge is 0.236 e. The average molecular weight is 240 g/mol. The number of hydrogen-bond acceptors (Lipinski definition) is 3. The average Bonchev–Trinajstić information content (AvgIpc) is 2.25. The number of aliphatic hydroxyl groups excluding tert-OH is 1. The zero-order chi connectivity index (χ0) is 13.0. The molecule has 0 heterocycles. The molecule has 0 aliphatic heterocycles. The maximum absolute atomic E-state index is 13.8. The number of carbonyl (C=O) groups excluding carboxylic acids is 1. The van der Waals surface area contributed by atoms with Crippen molar-refractivity contribution in [2.24, 2.45) is 5.73 Å². The van der Waals surface area contributed by atoms with Gasteiger partial charge < -0.3 is 15.7 Å². The fraction of sp³-hybridized carbons (Fsp3) is 0.417. The summed E-state index contributed by atoms with van der Waals surface area (Å²) < 4.78 is 13.8. The molecule has 5 heteroatoms. The van der Waals surface area contributed by atoms with Gasteiger partial charge in [0.25, 0.3) is 0 Å². The summed E-state index contributed by atoms with van der Waals surface area (Å²) in [4.78, 5) is 12.4. The van der Waals surface area contributed by atoms with Crippen molar-refractivity contribution in [3.63, 3.8) is 0 Å². The highest BCUT2D eigenvalue weighted by atomic mass is 19.1. The molecule has 4 nitrogen and oxygen atoms in total. The second kappa shape index (κ2) is 5.63. The molecule has 0 saturated carbocycles. The largest absolute Gasteiger partial charge is 0.389 e. The molecule has 94 valence electrons. The summed E-state index contributed by atoms with van der Waals surface area (Å²) in [7, 11) is 0. The van der Waals surface area contributed by atoms with E-state index in [4.69, 9.17) is 5.73 Å². The number of carbonyl (C=O) groups is 1. The Balaban J connectivity index is 3.20. The minimum absolute atomic E-state index is 0.0723. The molecule has 1 rings (SSSR count). The van der Waals surface area contributed by atoms with Crippen molar-refractivity contribution < 1.29 is 14.3 Å². The second-order valence-electron chi connectivity index (χ2n) is 3.83. The summed E-state index contributed by atoms with van der Waals surface area (Å²) in [6.45, 7) is 3.71. The first-order chi connectivity index (χ1) is 7.97. The van der Waals surface area contributed by atoms with E-state index in [1.54, 1.807) is 19.9 Å². The van der Waals surface area contributed by atoms with Gasteiger partial charge in [0.1, 0.15) is 5.82 Å². The van der Waals surface area contributed by atoms with Crippen molar-refractivity contribution in [3.05, 3.63) is 29.6 Å². The summed E-state index contributed by atoms with van der Waals surface area (Å²) in [6, 6.07) is 4.45. The molecule has 0 unspecified atom stereocenters. The van der Waals surface area contributed by atoms with Gasteiger partial charge >= 0.3 is 0 Å². The predicted molar refractivity (Wildman–Crippen MR) is 64.1 cm³/mol. The molecule has 1 amide bonds.